The maximum absolute atomic E-state index is 10.0. The molecule has 0 rings (SSSR count). The maximum atomic E-state index is 10.0. The molecule has 0 aliphatic heterocycles. The van der Waals surface area contributed by atoms with E-state index in [1.54, 1.807) is 0 Å². The van der Waals surface area contributed by atoms with Crippen molar-refractivity contribution in [2.45, 2.75) is 77.6 Å². The Hall–Kier alpha value is 0.0600. The molecule has 0 aromatic carbocycles. The van der Waals surface area contributed by atoms with E-state index in [-0.39, 0.29) is 0 Å². The fraction of sp³-hybridized carbons (Fsp3) is 1.00. The van der Waals surface area contributed by atoms with E-state index in [2.05, 4.69) is 6.92 Å². The lowest BCUT2D eigenvalue weighted by Gasteiger charge is -2.01. The zero-order chi connectivity index (χ0) is 11.9. The van der Waals surface area contributed by atoms with Crippen molar-refractivity contribution in [1.82, 2.24) is 0 Å². The molecule has 0 bridgehead atoms. The SMILES string of the molecule is CCCCCCCCCCCCCO[PH+]=O. The second-order valence-electron chi connectivity index (χ2n) is 4.47. The van der Waals surface area contributed by atoms with Crippen LogP contribution in [0.4, 0.5) is 0 Å². The molecule has 0 aromatic rings. The third-order valence-electron chi connectivity index (χ3n) is 2.91. The molecular weight excluding hydrogens is 219 g/mol. The fourth-order valence-electron chi connectivity index (χ4n) is 1.88. The number of unbranched alkanes of at least 4 members (excludes halogenated alkanes) is 10. The van der Waals surface area contributed by atoms with Gasteiger partial charge >= 0.3 is 8.69 Å². The van der Waals surface area contributed by atoms with Crippen LogP contribution in [0.3, 0.4) is 0 Å². The Kier molecular flexibility index (Phi) is 15.1. The molecule has 0 spiro atoms. The summed E-state index contributed by atoms with van der Waals surface area (Å²) < 4.78 is 14.8. The second-order valence-corrected chi connectivity index (χ2v) is 4.92. The second kappa shape index (κ2) is 15.1. The van der Waals surface area contributed by atoms with E-state index < -0.39 is 8.69 Å². The molecule has 0 aromatic heterocycles. The fourth-order valence-corrected chi connectivity index (χ4v) is 2.11. The lowest BCUT2D eigenvalue weighted by atomic mass is 10.1. The van der Waals surface area contributed by atoms with Crippen molar-refractivity contribution in [3.8, 4) is 0 Å². The van der Waals surface area contributed by atoms with Crippen LogP contribution in [0.5, 0.6) is 0 Å². The van der Waals surface area contributed by atoms with Gasteiger partial charge in [0, 0.05) is 0 Å². The molecule has 0 saturated heterocycles. The summed E-state index contributed by atoms with van der Waals surface area (Å²) in [6, 6.07) is 0. The molecule has 3 heteroatoms. The highest BCUT2D eigenvalue weighted by Gasteiger charge is 1.94. The number of hydrogen-bond donors (Lipinski definition) is 0. The molecule has 16 heavy (non-hydrogen) atoms. The van der Waals surface area contributed by atoms with Crippen LogP contribution in [0.1, 0.15) is 77.6 Å². The Labute approximate surface area is 102 Å². The van der Waals surface area contributed by atoms with Gasteiger partial charge in [-0.2, -0.15) is 0 Å². The minimum Gasteiger partial charge on any atom is -0.148 e. The summed E-state index contributed by atoms with van der Waals surface area (Å²) in [5, 5.41) is 0. The van der Waals surface area contributed by atoms with Crippen LogP contribution in [0, 0.1) is 0 Å². The van der Waals surface area contributed by atoms with Crippen molar-refractivity contribution in [1.29, 1.82) is 0 Å². The largest absolute Gasteiger partial charge is 0.494 e. The molecule has 0 aliphatic rings. The van der Waals surface area contributed by atoms with Crippen LogP contribution < -0.4 is 0 Å². The summed E-state index contributed by atoms with van der Waals surface area (Å²) in [4.78, 5) is 0. The first kappa shape index (κ1) is 16.1. The van der Waals surface area contributed by atoms with E-state index >= 15 is 0 Å². The van der Waals surface area contributed by atoms with E-state index in [1.807, 2.05) is 0 Å². The van der Waals surface area contributed by atoms with Crippen LogP contribution in [-0.4, -0.2) is 6.61 Å². The van der Waals surface area contributed by atoms with Gasteiger partial charge in [0.1, 0.15) is 6.61 Å². The molecule has 0 radical (unpaired) electrons. The van der Waals surface area contributed by atoms with E-state index in [0.29, 0.717) is 6.61 Å². The lowest BCUT2D eigenvalue weighted by molar-refractivity contribution is 0.328. The van der Waals surface area contributed by atoms with Crippen LogP contribution in [0.2, 0.25) is 0 Å². The molecule has 96 valence electrons. The summed E-state index contributed by atoms with van der Waals surface area (Å²) in [7, 11) is -0.581. The molecule has 1 atom stereocenters. The van der Waals surface area contributed by atoms with Crippen LogP contribution in [0.25, 0.3) is 0 Å². The average molecular weight is 247 g/mol. The van der Waals surface area contributed by atoms with E-state index in [0.717, 1.165) is 6.42 Å². The topological polar surface area (TPSA) is 26.3 Å². The summed E-state index contributed by atoms with van der Waals surface area (Å²) in [5.74, 6) is 0. The zero-order valence-corrected chi connectivity index (χ0v) is 11.8. The third kappa shape index (κ3) is 14.1. The number of hydrogen-bond acceptors (Lipinski definition) is 2. The normalized spacial score (nSPS) is 11.1. The molecule has 0 N–H and O–H groups in total. The van der Waals surface area contributed by atoms with Crippen LogP contribution >= 0.6 is 8.69 Å². The minimum absolute atomic E-state index is 0.581. The van der Waals surface area contributed by atoms with Gasteiger partial charge in [0.05, 0.1) is 0 Å². The smallest absolute Gasteiger partial charge is 0.148 e. The van der Waals surface area contributed by atoms with E-state index in [9.17, 15) is 4.57 Å². The summed E-state index contributed by atoms with van der Waals surface area (Å²) in [6.07, 6.45) is 14.7. The molecule has 0 saturated carbocycles. The Balaban J connectivity index is 2.85. The lowest BCUT2D eigenvalue weighted by Crippen LogP contribution is -1.85. The highest BCUT2D eigenvalue weighted by molar-refractivity contribution is 7.17. The maximum Gasteiger partial charge on any atom is 0.494 e. The highest BCUT2D eigenvalue weighted by Crippen LogP contribution is 2.11. The highest BCUT2D eigenvalue weighted by atomic mass is 31.1. The Morgan fingerprint density at radius 1 is 0.750 bits per heavy atom. The van der Waals surface area contributed by atoms with Crippen molar-refractivity contribution < 1.29 is 9.09 Å². The molecule has 2 nitrogen and oxygen atoms in total. The molecule has 0 fully saturated rings. The average Bonchev–Trinajstić information content (AvgIpc) is 2.31. The quantitative estimate of drug-likeness (QED) is 0.328. The monoisotopic (exact) mass is 247 g/mol. The molecular formula is C13H28O2P+. The van der Waals surface area contributed by atoms with Gasteiger partial charge in [0.15, 0.2) is 0 Å². The van der Waals surface area contributed by atoms with Gasteiger partial charge in [-0.15, -0.1) is 4.52 Å². The van der Waals surface area contributed by atoms with Gasteiger partial charge < -0.3 is 0 Å². The summed E-state index contributed by atoms with van der Waals surface area (Å²) >= 11 is 0. The first-order chi connectivity index (χ1) is 7.91. The molecule has 0 amide bonds. The van der Waals surface area contributed by atoms with Crippen molar-refractivity contribution in [2.24, 2.45) is 0 Å². The van der Waals surface area contributed by atoms with Crippen LogP contribution in [0.15, 0.2) is 0 Å². The molecule has 0 heterocycles. The zero-order valence-electron chi connectivity index (χ0n) is 10.8. The number of rotatable bonds is 13. The van der Waals surface area contributed by atoms with Crippen molar-refractivity contribution >= 4 is 8.69 Å². The predicted octanol–water partition coefficient (Wildman–Crippen LogP) is 5.25. The molecule has 1 unspecified atom stereocenters. The van der Waals surface area contributed by atoms with Crippen LogP contribution in [-0.2, 0) is 9.09 Å². The summed E-state index contributed by atoms with van der Waals surface area (Å²) in [5.41, 5.74) is 0. The Morgan fingerprint density at radius 2 is 1.19 bits per heavy atom. The van der Waals surface area contributed by atoms with Crippen molar-refractivity contribution in [3.05, 3.63) is 0 Å². The third-order valence-corrected chi connectivity index (χ3v) is 3.23. The van der Waals surface area contributed by atoms with Gasteiger partial charge in [0.2, 0.25) is 0 Å². The van der Waals surface area contributed by atoms with Crippen molar-refractivity contribution in [2.75, 3.05) is 6.61 Å². The van der Waals surface area contributed by atoms with Gasteiger partial charge in [0.25, 0.3) is 0 Å². The summed E-state index contributed by atoms with van der Waals surface area (Å²) in [6.45, 7) is 2.93. The first-order valence-corrected chi connectivity index (χ1v) is 7.72. The Morgan fingerprint density at radius 3 is 1.62 bits per heavy atom. The van der Waals surface area contributed by atoms with Gasteiger partial charge in [-0.3, -0.25) is 0 Å². The first-order valence-electron chi connectivity index (χ1n) is 6.90. The molecule has 0 aliphatic carbocycles. The minimum atomic E-state index is -0.581. The van der Waals surface area contributed by atoms with Gasteiger partial charge in [-0.25, -0.2) is 0 Å². The Bertz CT molecular complexity index is 140. The van der Waals surface area contributed by atoms with Gasteiger partial charge in [-0.05, 0) is 11.0 Å². The standard InChI is InChI=1S/C13H28O2P/c1-2-3-4-5-6-7-8-9-10-11-12-13-15-16-14/h16H,2-13H2,1H3/q+1. The van der Waals surface area contributed by atoms with Crippen molar-refractivity contribution in [3.63, 3.8) is 0 Å². The van der Waals surface area contributed by atoms with E-state index in [4.69, 9.17) is 4.52 Å². The van der Waals surface area contributed by atoms with E-state index in [1.165, 1.54) is 64.2 Å². The predicted molar refractivity (Wildman–Crippen MR) is 71.4 cm³/mol. The van der Waals surface area contributed by atoms with Gasteiger partial charge in [-0.1, -0.05) is 71.1 Å².